The predicted octanol–water partition coefficient (Wildman–Crippen LogP) is 5.47. The van der Waals surface area contributed by atoms with Crippen LogP contribution in [0.25, 0.3) is 10.2 Å². The molecule has 3 aromatic heterocycles. The van der Waals surface area contributed by atoms with Gasteiger partial charge in [-0.05, 0) is 36.4 Å². The summed E-state index contributed by atoms with van der Waals surface area (Å²) in [5.74, 6) is 0.499. The number of carbonyl (C=O) groups excluding carboxylic acids is 1. The maximum absolute atomic E-state index is 12.7. The van der Waals surface area contributed by atoms with E-state index in [0.29, 0.717) is 27.3 Å². The van der Waals surface area contributed by atoms with E-state index in [-0.39, 0.29) is 11.5 Å². The molecule has 0 unspecified atom stereocenters. The molecule has 0 aliphatic rings. The molecule has 0 aliphatic carbocycles. The summed E-state index contributed by atoms with van der Waals surface area (Å²) in [6.07, 6.45) is 0.833. The van der Waals surface area contributed by atoms with Gasteiger partial charge in [0.2, 0.25) is 5.91 Å². The lowest BCUT2D eigenvalue weighted by atomic mass is 10.1. The van der Waals surface area contributed by atoms with Gasteiger partial charge in [-0.3, -0.25) is 19.1 Å². The van der Waals surface area contributed by atoms with Gasteiger partial charge in [0.1, 0.15) is 4.70 Å². The summed E-state index contributed by atoms with van der Waals surface area (Å²) < 4.78 is 2.39. The zero-order valence-electron chi connectivity index (χ0n) is 17.5. The number of amides is 1. The number of fused-ring (bicyclic) bond motifs is 1. The Bertz CT molecular complexity index is 1290. The molecule has 9 heteroatoms. The molecule has 1 amide bonds. The van der Waals surface area contributed by atoms with E-state index in [0.717, 1.165) is 28.9 Å². The first-order valence-electron chi connectivity index (χ1n) is 9.97. The lowest BCUT2D eigenvalue weighted by Crippen LogP contribution is -2.23. The molecule has 0 bridgehead atoms. The second-order valence-electron chi connectivity index (χ2n) is 6.83. The van der Waals surface area contributed by atoms with E-state index >= 15 is 0 Å². The van der Waals surface area contributed by atoms with Crippen LogP contribution in [-0.2, 0) is 23.5 Å². The zero-order chi connectivity index (χ0) is 22.0. The van der Waals surface area contributed by atoms with Crippen LogP contribution in [0.2, 0.25) is 0 Å². The fourth-order valence-electron chi connectivity index (χ4n) is 3.35. The minimum atomic E-state index is -0.0705. The average Bonchev–Trinajstić information content (AvgIpc) is 3.42. The molecule has 6 nitrogen and oxygen atoms in total. The second-order valence-corrected chi connectivity index (χ2v) is 9.52. The van der Waals surface area contributed by atoms with Gasteiger partial charge in [-0.25, -0.2) is 9.97 Å². The third-order valence-corrected chi connectivity index (χ3v) is 7.63. The topological polar surface area (TPSA) is 68.1 Å². The maximum Gasteiger partial charge on any atom is 0.272 e. The third kappa shape index (κ3) is 4.30. The van der Waals surface area contributed by atoms with Crippen LogP contribution in [0.5, 0.6) is 0 Å². The Labute approximate surface area is 192 Å². The largest absolute Gasteiger partial charge is 0.287 e. The van der Waals surface area contributed by atoms with Crippen LogP contribution in [0.3, 0.4) is 0 Å². The standard InChI is InChI=1S/C22H22N4O2S3/c1-4-15-8-6-7-9-18(15)26(14(3)27)22-23-16(13-31-22)12-30-21-24-17-10-11-29-19(17)20(28)25(21)5-2/h6-11,13H,4-5,12H2,1-3H3. The van der Waals surface area contributed by atoms with Crippen LogP contribution in [0.15, 0.2) is 51.0 Å². The van der Waals surface area contributed by atoms with Crippen molar-refractivity contribution >= 4 is 61.4 Å². The second kappa shape index (κ2) is 9.33. The van der Waals surface area contributed by atoms with Gasteiger partial charge in [0.25, 0.3) is 5.56 Å². The Balaban J connectivity index is 1.60. The summed E-state index contributed by atoms with van der Waals surface area (Å²) in [5, 5.41) is 5.19. The molecular formula is C22H22N4O2S3. The Hall–Kier alpha value is -2.49. The van der Waals surface area contributed by atoms with E-state index in [1.54, 1.807) is 16.4 Å². The van der Waals surface area contributed by atoms with Gasteiger partial charge >= 0.3 is 0 Å². The van der Waals surface area contributed by atoms with Crippen molar-refractivity contribution in [3.05, 3.63) is 62.7 Å². The van der Waals surface area contributed by atoms with Gasteiger partial charge in [0, 0.05) is 24.6 Å². The molecule has 0 saturated carbocycles. The van der Waals surface area contributed by atoms with Crippen molar-refractivity contribution in [1.29, 1.82) is 0 Å². The number of carbonyl (C=O) groups is 1. The highest BCUT2D eigenvalue weighted by Gasteiger charge is 2.20. The average molecular weight is 471 g/mol. The smallest absolute Gasteiger partial charge is 0.272 e. The van der Waals surface area contributed by atoms with E-state index < -0.39 is 0 Å². The number of anilines is 2. The van der Waals surface area contributed by atoms with Crippen LogP contribution < -0.4 is 10.5 Å². The first kappa shape index (κ1) is 21.7. The number of nitrogens with zero attached hydrogens (tertiary/aromatic N) is 4. The molecule has 1 aromatic carbocycles. The van der Waals surface area contributed by atoms with Crippen molar-refractivity contribution in [3.8, 4) is 0 Å². The van der Waals surface area contributed by atoms with E-state index in [4.69, 9.17) is 4.98 Å². The number of thioether (sulfide) groups is 1. The minimum absolute atomic E-state index is 0.00268. The summed E-state index contributed by atoms with van der Waals surface area (Å²) in [4.78, 5) is 36.2. The van der Waals surface area contributed by atoms with Crippen molar-refractivity contribution in [2.75, 3.05) is 4.90 Å². The molecule has 4 aromatic rings. The number of thiophene rings is 1. The number of aromatic nitrogens is 3. The summed E-state index contributed by atoms with van der Waals surface area (Å²) in [5.41, 5.74) is 3.56. The summed E-state index contributed by atoms with van der Waals surface area (Å²) in [7, 11) is 0. The summed E-state index contributed by atoms with van der Waals surface area (Å²) >= 11 is 4.36. The number of para-hydroxylation sites is 1. The lowest BCUT2D eigenvalue weighted by molar-refractivity contribution is -0.115. The van der Waals surface area contributed by atoms with Gasteiger partial charge < -0.3 is 0 Å². The molecule has 0 N–H and O–H groups in total. The van der Waals surface area contributed by atoms with Crippen molar-refractivity contribution in [2.45, 2.75) is 44.6 Å². The molecule has 0 aliphatic heterocycles. The Morgan fingerprint density at radius 1 is 1.16 bits per heavy atom. The van der Waals surface area contributed by atoms with Crippen LogP contribution in [0, 0.1) is 0 Å². The highest BCUT2D eigenvalue weighted by Crippen LogP contribution is 2.33. The van der Waals surface area contributed by atoms with Crippen LogP contribution in [0.1, 0.15) is 32.0 Å². The van der Waals surface area contributed by atoms with Crippen LogP contribution in [0.4, 0.5) is 10.8 Å². The number of rotatable bonds is 7. The first-order valence-corrected chi connectivity index (χ1v) is 12.7. The molecule has 0 saturated heterocycles. The van der Waals surface area contributed by atoms with Gasteiger partial charge in [-0.1, -0.05) is 36.9 Å². The predicted molar refractivity (Wildman–Crippen MR) is 130 cm³/mol. The highest BCUT2D eigenvalue weighted by atomic mass is 32.2. The fourth-order valence-corrected chi connectivity index (χ4v) is 6.07. The normalized spacial score (nSPS) is 11.2. The van der Waals surface area contributed by atoms with Crippen molar-refractivity contribution < 1.29 is 4.79 Å². The van der Waals surface area contributed by atoms with Gasteiger partial charge in [0.15, 0.2) is 10.3 Å². The molecule has 0 atom stereocenters. The zero-order valence-corrected chi connectivity index (χ0v) is 19.9. The first-order chi connectivity index (χ1) is 15.0. The molecule has 4 rings (SSSR count). The fraction of sp³-hybridized carbons (Fsp3) is 0.273. The number of benzene rings is 1. The molecule has 160 valence electrons. The third-order valence-electron chi connectivity index (χ3n) is 4.86. The number of aryl methyl sites for hydroxylation is 1. The van der Waals surface area contributed by atoms with Gasteiger partial charge in [-0.15, -0.1) is 22.7 Å². The number of thiazole rings is 1. The highest BCUT2D eigenvalue weighted by molar-refractivity contribution is 7.98. The van der Waals surface area contributed by atoms with Crippen LogP contribution >= 0.6 is 34.4 Å². The summed E-state index contributed by atoms with van der Waals surface area (Å²) in [6, 6.07) is 9.78. The molecule has 0 spiro atoms. The Morgan fingerprint density at radius 2 is 1.97 bits per heavy atom. The maximum atomic E-state index is 12.7. The molecular weight excluding hydrogens is 448 g/mol. The Kier molecular flexibility index (Phi) is 6.54. The molecule has 31 heavy (non-hydrogen) atoms. The SMILES string of the molecule is CCc1ccccc1N(C(C)=O)c1nc(CSc2nc3ccsc3c(=O)n2CC)cs1. The monoisotopic (exact) mass is 470 g/mol. The van der Waals surface area contributed by atoms with Gasteiger partial charge in [0.05, 0.1) is 16.9 Å². The van der Waals surface area contributed by atoms with Crippen molar-refractivity contribution in [2.24, 2.45) is 0 Å². The van der Waals surface area contributed by atoms with Crippen molar-refractivity contribution in [3.63, 3.8) is 0 Å². The number of hydrogen-bond acceptors (Lipinski definition) is 7. The quantitative estimate of drug-likeness (QED) is 0.264. The van der Waals surface area contributed by atoms with E-state index in [1.165, 1.54) is 34.4 Å². The lowest BCUT2D eigenvalue weighted by Gasteiger charge is -2.21. The Morgan fingerprint density at radius 3 is 2.71 bits per heavy atom. The molecule has 3 heterocycles. The van der Waals surface area contributed by atoms with Gasteiger partial charge in [-0.2, -0.15) is 0 Å². The molecule has 0 radical (unpaired) electrons. The van der Waals surface area contributed by atoms with Crippen molar-refractivity contribution in [1.82, 2.24) is 14.5 Å². The number of hydrogen-bond donors (Lipinski definition) is 0. The molecule has 0 fully saturated rings. The van der Waals surface area contributed by atoms with E-state index in [9.17, 15) is 9.59 Å². The summed E-state index contributed by atoms with van der Waals surface area (Å²) in [6.45, 7) is 6.15. The van der Waals surface area contributed by atoms with E-state index in [1.807, 2.05) is 48.0 Å². The van der Waals surface area contributed by atoms with Crippen LogP contribution in [-0.4, -0.2) is 20.4 Å². The minimum Gasteiger partial charge on any atom is -0.287 e. The van der Waals surface area contributed by atoms with E-state index in [2.05, 4.69) is 11.9 Å².